The first-order chi connectivity index (χ1) is 20.2. The van der Waals surface area contributed by atoms with E-state index < -0.39 is 41.1 Å². The molecule has 3 N–H and O–H groups in total. The molecule has 9 heteroatoms. The molecule has 4 aromatic carbocycles. The summed E-state index contributed by atoms with van der Waals surface area (Å²) in [5, 5.41) is 34.6. The van der Waals surface area contributed by atoms with Gasteiger partial charge in [-0.15, -0.1) is 0 Å². The first-order valence-electron chi connectivity index (χ1n) is 13.7. The van der Waals surface area contributed by atoms with E-state index in [1.165, 1.54) is 6.92 Å². The van der Waals surface area contributed by atoms with Gasteiger partial charge >= 0.3 is 47.5 Å². The molecule has 8 nitrogen and oxygen atoms in total. The second kappa shape index (κ2) is 13.1. The molecule has 0 aromatic heterocycles. The summed E-state index contributed by atoms with van der Waals surface area (Å²) in [7, 11) is 0. The SMILES string of the molecule is C[C@H](C(O)(c1ccccc1)c1ccccc1)[C@]1(C(=O)O)[C@@H](C(=O)O)N(Cc2ccccc2)C(=O)N1Cc1ccccc1.[H-].[Na+]. The molecule has 1 fully saturated rings. The largest absolute Gasteiger partial charge is 1.00 e. The number of carbonyl (C=O) groups is 3. The zero-order valence-corrected chi connectivity index (χ0v) is 26.1. The fraction of sp³-hybridized carbons (Fsp3) is 0.206. The monoisotopic (exact) mass is 588 g/mol. The fourth-order valence-electron chi connectivity index (χ4n) is 6.29. The number of amides is 2. The van der Waals surface area contributed by atoms with Gasteiger partial charge in [0.2, 0.25) is 0 Å². The summed E-state index contributed by atoms with van der Waals surface area (Å²) in [6, 6.07) is 32.2. The van der Waals surface area contributed by atoms with Crippen molar-refractivity contribution in [2.45, 2.75) is 37.2 Å². The van der Waals surface area contributed by atoms with Crippen LogP contribution < -0.4 is 29.6 Å². The molecule has 0 spiro atoms. The molecule has 0 radical (unpaired) electrons. The Morgan fingerprint density at radius 1 is 0.767 bits per heavy atom. The smallest absolute Gasteiger partial charge is 1.00 e. The number of carboxylic acids is 2. The molecule has 0 aliphatic carbocycles. The number of hydrogen-bond donors (Lipinski definition) is 3. The van der Waals surface area contributed by atoms with Crippen LogP contribution in [0.3, 0.4) is 0 Å². The van der Waals surface area contributed by atoms with Crippen molar-refractivity contribution in [3.8, 4) is 0 Å². The van der Waals surface area contributed by atoms with Gasteiger partial charge in [0.25, 0.3) is 0 Å². The van der Waals surface area contributed by atoms with E-state index in [1.807, 2.05) is 0 Å². The topological polar surface area (TPSA) is 118 Å². The minimum Gasteiger partial charge on any atom is -1.00 e. The Morgan fingerprint density at radius 2 is 1.16 bits per heavy atom. The molecule has 0 unspecified atom stereocenters. The maximum atomic E-state index is 14.3. The van der Waals surface area contributed by atoms with Gasteiger partial charge in [-0.1, -0.05) is 128 Å². The first-order valence-corrected chi connectivity index (χ1v) is 13.7. The summed E-state index contributed by atoms with van der Waals surface area (Å²) in [6.07, 6.45) is 0. The molecular formula is C34H33N2NaO6. The Morgan fingerprint density at radius 3 is 1.56 bits per heavy atom. The summed E-state index contributed by atoms with van der Waals surface area (Å²) < 4.78 is 0. The Kier molecular flexibility index (Phi) is 9.77. The molecule has 2 amide bonds. The third kappa shape index (κ3) is 5.59. The van der Waals surface area contributed by atoms with Crippen molar-refractivity contribution in [2.75, 3.05) is 0 Å². The Hall–Kier alpha value is -3.95. The van der Waals surface area contributed by atoms with Crippen LogP contribution in [-0.4, -0.2) is 54.7 Å². The average molecular weight is 589 g/mol. The number of carbonyl (C=O) groups excluding carboxylic acids is 1. The summed E-state index contributed by atoms with van der Waals surface area (Å²) in [5.41, 5.74) is -2.37. The second-order valence-electron chi connectivity index (χ2n) is 10.6. The molecular weight excluding hydrogens is 555 g/mol. The number of urea groups is 1. The second-order valence-corrected chi connectivity index (χ2v) is 10.6. The molecule has 43 heavy (non-hydrogen) atoms. The van der Waals surface area contributed by atoms with Crippen molar-refractivity contribution in [1.29, 1.82) is 0 Å². The van der Waals surface area contributed by atoms with E-state index in [0.29, 0.717) is 22.3 Å². The molecule has 1 heterocycles. The van der Waals surface area contributed by atoms with Gasteiger partial charge in [-0.25, -0.2) is 14.4 Å². The van der Waals surface area contributed by atoms with Crippen LogP contribution in [0.15, 0.2) is 121 Å². The summed E-state index contributed by atoms with van der Waals surface area (Å²) in [5.74, 6) is -4.35. The van der Waals surface area contributed by atoms with Gasteiger partial charge in [0.1, 0.15) is 5.60 Å². The number of aliphatic hydroxyl groups is 1. The van der Waals surface area contributed by atoms with Crippen LogP contribution in [0, 0.1) is 5.92 Å². The number of aliphatic carboxylic acids is 2. The molecule has 1 aliphatic rings. The molecule has 1 saturated heterocycles. The van der Waals surface area contributed by atoms with E-state index >= 15 is 0 Å². The zero-order valence-electron chi connectivity index (χ0n) is 25.1. The zero-order chi connectivity index (χ0) is 29.9. The van der Waals surface area contributed by atoms with E-state index in [2.05, 4.69) is 0 Å². The number of nitrogens with zero attached hydrogens (tertiary/aromatic N) is 2. The van der Waals surface area contributed by atoms with E-state index in [4.69, 9.17) is 0 Å². The molecule has 0 bridgehead atoms. The van der Waals surface area contributed by atoms with Gasteiger partial charge in [0.15, 0.2) is 11.6 Å². The van der Waals surface area contributed by atoms with Crippen molar-refractivity contribution in [3.63, 3.8) is 0 Å². The molecule has 216 valence electrons. The molecule has 1 aliphatic heterocycles. The van der Waals surface area contributed by atoms with Crippen LogP contribution in [0.4, 0.5) is 4.79 Å². The van der Waals surface area contributed by atoms with Crippen molar-refractivity contribution in [1.82, 2.24) is 9.80 Å². The van der Waals surface area contributed by atoms with Gasteiger partial charge in [-0.3, -0.25) is 0 Å². The van der Waals surface area contributed by atoms with Crippen LogP contribution in [0.5, 0.6) is 0 Å². The van der Waals surface area contributed by atoms with Gasteiger partial charge in [0, 0.05) is 19.0 Å². The first kappa shape index (κ1) is 32.0. The van der Waals surface area contributed by atoms with Gasteiger partial charge in [0.05, 0.1) is 0 Å². The van der Waals surface area contributed by atoms with E-state index in [1.54, 1.807) is 121 Å². The van der Waals surface area contributed by atoms with E-state index in [9.17, 15) is 29.7 Å². The van der Waals surface area contributed by atoms with Crippen LogP contribution in [0.25, 0.3) is 0 Å². The van der Waals surface area contributed by atoms with Crippen molar-refractivity contribution in [3.05, 3.63) is 144 Å². The van der Waals surface area contributed by atoms with Crippen molar-refractivity contribution >= 4 is 18.0 Å². The van der Waals surface area contributed by atoms with Gasteiger partial charge in [-0.05, 0) is 22.3 Å². The average Bonchev–Trinajstić information content (AvgIpc) is 3.26. The number of rotatable bonds is 10. The van der Waals surface area contributed by atoms with Crippen LogP contribution >= 0.6 is 0 Å². The Bertz CT molecular complexity index is 1520. The number of benzene rings is 4. The van der Waals surface area contributed by atoms with Crippen LogP contribution in [-0.2, 0) is 28.3 Å². The maximum Gasteiger partial charge on any atom is 1.00 e. The van der Waals surface area contributed by atoms with Crippen molar-refractivity contribution < 1.29 is 60.7 Å². The van der Waals surface area contributed by atoms with Crippen molar-refractivity contribution in [2.24, 2.45) is 5.92 Å². The minimum absolute atomic E-state index is 0. The van der Waals surface area contributed by atoms with Crippen LogP contribution in [0.2, 0.25) is 0 Å². The molecule has 5 rings (SSSR count). The third-order valence-electron chi connectivity index (χ3n) is 8.32. The Labute approximate surface area is 274 Å². The molecule has 4 aromatic rings. The fourth-order valence-corrected chi connectivity index (χ4v) is 6.29. The normalized spacial score (nSPS) is 19.0. The predicted octanol–water partition coefficient (Wildman–Crippen LogP) is 2.09. The maximum absolute atomic E-state index is 14.3. The van der Waals surface area contributed by atoms with E-state index in [-0.39, 0.29) is 44.1 Å². The van der Waals surface area contributed by atoms with Crippen LogP contribution in [0.1, 0.15) is 30.6 Å². The molecule has 3 atom stereocenters. The Balaban J connectivity index is 0.00000264. The summed E-state index contributed by atoms with van der Waals surface area (Å²) >= 11 is 0. The molecule has 0 saturated carbocycles. The predicted molar refractivity (Wildman–Crippen MR) is 157 cm³/mol. The van der Waals surface area contributed by atoms with Gasteiger partial charge in [-0.2, -0.15) is 0 Å². The number of hydrogen-bond acceptors (Lipinski definition) is 4. The number of carboxylic acid groups (broad SMARTS) is 2. The summed E-state index contributed by atoms with van der Waals surface area (Å²) in [6.45, 7) is 1.21. The third-order valence-corrected chi connectivity index (χ3v) is 8.32. The standard InChI is InChI=1S/C34H32N2O6.Na.H/c1-24(34(42,27-18-10-4-11-19-27)28-20-12-5-13-21-28)33(31(39)40)29(30(37)38)35(22-25-14-6-2-7-15-25)32(41)36(33)23-26-16-8-3-9-17-26;;/h2-21,24,29,42H,22-23H2,1H3,(H,37,38)(H,39,40);;/q;+1;-1/t24-,29+,33+;;/m0../s1. The minimum atomic E-state index is -2.39. The summed E-state index contributed by atoms with van der Waals surface area (Å²) in [4.78, 5) is 43.5. The quantitative estimate of drug-likeness (QED) is 0.244. The van der Waals surface area contributed by atoms with Gasteiger partial charge < -0.3 is 26.5 Å². The van der Waals surface area contributed by atoms with E-state index in [0.717, 1.165) is 9.80 Å².